The molecule has 1 aromatic heterocycles. The van der Waals surface area contributed by atoms with Crippen molar-refractivity contribution in [2.24, 2.45) is 11.5 Å². The van der Waals surface area contributed by atoms with E-state index in [4.69, 9.17) is 16.2 Å². The smallest absolute Gasteiger partial charge is 0.294 e. The van der Waals surface area contributed by atoms with Crippen molar-refractivity contribution in [2.45, 2.75) is 18.9 Å². The van der Waals surface area contributed by atoms with E-state index in [1.54, 1.807) is 30.5 Å². The van der Waals surface area contributed by atoms with E-state index in [9.17, 15) is 19.7 Å². The number of hydrogen-bond donors (Lipinski definition) is 3. The van der Waals surface area contributed by atoms with Crippen molar-refractivity contribution in [2.75, 3.05) is 19.8 Å². The van der Waals surface area contributed by atoms with Gasteiger partial charge in [0.2, 0.25) is 5.91 Å². The largest absolute Gasteiger partial charge is 0.494 e. The molecule has 2 aromatic rings. The molecule has 0 aliphatic carbocycles. The van der Waals surface area contributed by atoms with Crippen LogP contribution in [0.4, 0.5) is 0 Å². The zero-order valence-corrected chi connectivity index (χ0v) is 16.2. The SMILES string of the molecule is NC(=O)CC(N)CCOc1cccc(-c2cncc(C(=O)NCCO[N+](=O)[O-])c2)c1. The van der Waals surface area contributed by atoms with Crippen LogP contribution in [0.5, 0.6) is 5.75 Å². The Morgan fingerprint density at radius 2 is 2.00 bits per heavy atom. The van der Waals surface area contributed by atoms with Crippen LogP contribution >= 0.6 is 0 Å². The van der Waals surface area contributed by atoms with Gasteiger partial charge < -0.3 is 26.4 Å². The predicted molar refractivity (Wildman–Crippen MR) is 107 cm³/mol. The number of carbonyl (C=O) groups excluding carboxylic acids is 2. The van der Waals surface area contributed by atoms with E-state index in [0.717, 1.165) is 5.56 Å². The summed E-state index contributed by atoms with van der Waals surface area (Å²) in [5, 5.41) is 11.7. The maximum atomic E-state index is 12.2. The lowest BCUT2D eigenvalue weighted by atomic mass is 10.1. The monoisotopic (exact) mass is 417 g/mol. The lowest BCUT2D eigenvalue weighted by Gasteiger charge is -2.12. The van der Waals surface area contributed by atoms with Crippen molar-refractivity contribution in [3.05, 3.63) is 58.4 Å². The minimum Gasteiger partial charge on any atom is -0.494 e. The molecule has 0 bridgehead atoms. The molecule has 0 radical (unpaired) electrons. The zero-order chi connectivity index (χ0) is 21.9. The number of nitrogens with one attached hydrogen (secondary N) is 1. The minimum absolute atomic E-state index is 0.00867. The highest BCUT2D eigenvalue weighted by Gasteiger charge is 2.10. The van der Waals surface area contributed by atoms with Crippen molar-refractivity contribution in [3.63, 3.8) is 0 Å². The average molecular weight is 417 g/mol. The molecule has 1 heterocycles. The Hall–Kier alpha value is -3.73. The van der Waals surface area contributed by atoms with Gasteiger partial charge in [0.05, 0.1) is 12.2 Å². The van der Waals surface area contributed by atoms with Crippen LogP contribution in [0.2, 0.25) is 0 Å². The first-order valence-electron chi connectivity index (χ1n) is 9.13. The molecule has 0 spiro atoms. The van der Waals surface area contributed by atoms with Gasteiger partial charge in [-0.15, -0.1) is 10.1 Å². The van der Waals surface area contributed by atoms with Crippen LogP contribution in [0.1, 0.15) is 23.2 Å². The van der Waals surface area contributed by atoms with Gasteiger partial charge in [0.25, 0.3) is 11.0 Å². The Bertz CT molecular complexity index is 891. The van der Waals surface area contributed by atoms with Gasteiger partial charge >= 0.3 is 0 Å². The average Bonchev–Trinajstić information content (AvgIpc) is 2.70. The van der Waals surface area contributed by atoms with Gasteiger partial charge in [0, 0.05) is 37.0 Å². The van der Waals surface area contributed by atoms with E-state index in [-0.39, 0.29) is 25.6 Å². The quantitative estimate of drug-likeness (QED) is 0.256. The first-order valence-corrected chi connectivity index (χ1v) is 9.13. The highest BCUT2D eigenvalue weighted by Crippen LogP contribution is 2.24. The fourth-order valence-electron chi connectivity index (χ4n) is 2.56. The summed E-state index contributed by atoms with van der Waals surface area (Å²) in [6, 6.07) is 8.51. The van der Waals surface area contributed by atoms with Crippen LogP contribution in [-0.4, -0.2) is 47.7 Å². The minimum atomic E-state index is -0.922. The molecule has 30 heavy (non-hydrogen) atoms. The molecular weight excluding hydrogens is 394 g/mol. The van der Waals surface area contributed by atoms with Crippen molar-refractivity contribution in [1.82, 2.24) is 10.3 Å². The summed E-state index contributed by atoms with van der Waals surface area (Å²) >= 11 is 0. The van der Waals surface area contributed by atoms with E-state index in [1.807, 2.05) is 6.07 Å². The molecule has 0 aliphatic rings. The molecular formula is C19H23N5O6. The standard InChI is InChI=1S/C19H23N5O6/c20-16(10-18(21)25)4-6-29-17-3-1-2-13(9-17)14-8-15(12-22-11-14)19(26)23-5-7-30-24(27)28/h1-3,8-9,11-12,16H,4-7,10,20H2,(H2,21,25)(H,23,26). The number of benzene rings is 1. The Labute approximate surface area is 172 Å². The molecule has 160 valence electrons. The summed E-state index contributed by atoms with van der Waals surface area (Å²) < 4.78 is 5.68. The normalized spacial score (nSPS) is 11.4. The molecule has 1 aromatic carbocycles. The molecule has 0 saturated heterocycles. The maximum Gasteiger partial charge on any atom is 0.294 e. The second kappa shape index (κ2) is 11.3. The number of pyridine rings is 1. The molecule has 0 aliphatic heterocycles. The van der Waals surface area contributed by atoms with E-state index in [1.165, 1.54) is 6.20 Å². The summed E-state index contributed by atoms with van der Waals surface area (Å²) in [5.41, 5.74) is 12.7. The lowest BCUT2D eigenvalue weighted by molar-refractivity contribution is -0.757. The first kappa shape index (κ1) is 22.6. The number of nitrogens with two attached hydrogens (primary N) is 2. The van der Waals surface area contributed by atoms with Crippen molar-refractivity contribution >= 4 is 11.8 Å². The Morgan fingerprint density at radius 3 is 2.73 bits per heavy atom. The van der Waals surface area contributed by atoms with Gasteiger partial charge in [-0.3, -0.25) is 14.6 Å². The van der Waals surface area contributed by atoms with Gasteiger partial charge in [0.15, 0.2) is 0 Å². The third kappa shape index (κ3) is 7.72. The van der Waals surface area contributed by atoms with Crippen LogP contribution < -0.4 is 21.5 Å². The molecule has 1 atom stereocenters. The highest BCUT2D eigenvalue weighted by molar-refractivity contribution is 5.95. The Balaban J connectivity index is 1.96. The molecule has 11 heteroatoms. The molecule has 0 fully saturated rings. The van der Waals surface area contributed by atoms with Gasteiger partial charge in [-0.05, 0) is 30.2 Å². The van der Waals surface area contributed by atoms with Crippen LogP contribution in [0.15, 0.2) is 42.7 Å². The fraction of sp³-hybridized carbons (Fsp3) is 0.316. The van der Waals surface area contributed by atoms with Crippen LogP contribution in [-0.2, 0) is 9.63 Å². The van der Waals surface area contributed by atoms with Crippen LogP contribution in [0.25, 0.3) is 11.1 Å². The topological polar surface area (TPSA) is 173 Å². The van der Waals surface area contributed by atoms with Crippen molar-refractivity contribution < 1.29 is 24.3 Å². The number of amides is 2. The van der Waals surface area contributed by atoms with Gasteiger partial charge in [-0.2, -0.15) is 0 Å². The van der Waals surface area contributed by atoms with E-state index in [2.05, 4.69) is 15.1 Å². The maximum absolute atomic E-state index is 12.2. The zero-order valence-electron chi connectivity index (χ0n) is 16.2. The third-order valence-electron chi connectivity index (χ3n) is 3.97. The predicted octanol–water partition coefficient (Wildman–Crippen LogP) is 0.658. The molecule has 0 saturated carbocycles. The van der Waals surface area contributed by atoms with E-state index >= 15 is 0 Å². The summed E-state index contributed by atoms with van der Waals surface area (Å²) in [4.78, 5) is 41.4. The van der Waals surface area contributed by atoms with Gasteiger partial charge in [-0.1, -0.05) is 12.1 Å². The van der Waals surface area contributed by atoms with Crippen LogP contribution in [0.3, 0.4) is 0 Å². The second-order valence-corrected chi connectivity index (χ2v) is 6.37. The number of nitrogens with zero attached hydrogens (tertiary/aromatic N) is 2. The first-order chi connectivity index (χ1) is 14.3. The van der Waals surface area contributed by atoms with E-state index < -0.39 is 16.9 Å². The molecule has 2 rings (SSSR count). The summed E-state index contributed by atoms with van der Waals surface area (Å²) in [7, 11) is 0. The molecule has 5 N–H and O–H groups in total. The number of primary amides is 1. The fourth-order valence-corrected chi connectivity index (χ4v) is 2.56. The lowest BCUT2D eigenvalue weighted by Crippen LogP contribution is -2.29. The Kier molecular flexibility index (Phi) is 8.51. The molecule has 11 nitrogen and oxygen atoms in total. The number of aromatic nitrogens is 1. The summed E-state index contributed by atoms with van der Waals surface area (Å²) in [5.74, 6) is -0.274. The molecule has 1 unspecified atom stereocenters. The number of hydrogen-bond acceptors (Lipinski definition) is 8. The Morgan fingerprint density at radius 1 is 1.20 bits per heavy atom. The number of rotatable bonds is 12. The number of ether oxygens (including phenoxy) is 1. The second-order valence-electron chi connectivity index (χ2n) is 6.37. The van der Waals surface area contributed by atoms with Crippen molar-refractivity contribution in [3.8, 4) is 16.9 Å². The van der Waals surface area contributed by atoms with Crippen molar-refractivity contribution in [1.29, 1.82) is 0 Å². The third-order valence-corrected chi connectivity index (χ3v) is 3.97. The molecule has 2 amide bonds. The van der Waals surface area contributed by atoms with Gasteiger partial charge in [-0.25, -0.2) is 0 Å². The van der Waals surface area contributed by atoms with Gasteiger partial charge in [0.1, 0.15) is 12.4 Å². The number of carbonyl (C=O) groups is 2. The van der Waals surface area contributed by atoms with Crippen LogP contribution in [0, 0.1) is 10.1 Å². The summed E-state index contributed by atoms with van der Waals surface area (Å²) in [6.45, 7) is 0.0738. The summed E-state index contributed by atoms with van der Waals surface area (Å²) in [6.07, 6.45) is 3.58. The van der Waals surface area contributed by atoms with E-state index in [0.29, 0.717) is 29.9 Å². The highest BCUT2D eigenvalue weighted by atomic mass is 16.9.